The number of nitrogens with one attached hydrogen (secondary N) is 2. The summed E-state index contributed by atoms with van der Waals surface area (Å²) in [7, 11) is 1.61. The van der Waals surface area contributed by atoms with Crippen LogP contribution in [0.4, 0.5) is 5.69 Å². The quantitative estimate of drug-likeness (QED) is 0.404. The normalized spacial score (nSPS) is 11.3. The van der Waals surface area contributed by atoms with Crippen molar-refractivity contribution in [3.8, 4) is 5.75 Å². The largest absolute Gasteiger partial charge is 0.497 e. The molecule has 0 aliphatic heterocycles. The van der Waals surface area contributed by atoms with Gasteiger partial charge in [-0.05, 0) is 63.1 Å². The van der Waals surface area contributed by atoms with Gasteiger partial charge in [0.25, 0.3) is 5.91 Å². The lowest BCUT2D eigenvalue weighted by molar-refractivity contribution is 0.0977. The highest BCUT2D eigenvalue weighted by molar-refractivity contribution is 6.31. The van der Waals surface area contributed by atoms with E-state index in [1.54, 1.807) is 31.4 Å². The average molecular weight is 454 g/mol. The molecule has 0 radical (unpaired) electrons. The molecule has 8 heteroatoms. The first-order valence-electron chi connectivity index (χ1n) is 10.5. The standard InChI is InChI=1S/C24H28ClN5O2/c1-5-30-17(3)22(16(2)29-30)12-13-26-24(27-20-10-7-11-21(15-20)32-4)28-23(31)18-8-6-9-19(25)14-18/h6-11,14-15H,5,12-13H2,1-4H3,(H2,26,27,28,31). The maximum atomic E-state index is 12.8. The number of methoxy groups -OCH3 is 1. The molecule has 3 aromatic rings. The molecule has 0 aliphatic carbocycles. The first-order valence-corrected chi connectivity index (χ1v) is 10.8. The number of benzene rings is 2. The van der Waals surface area contributed by atoms with E-state index in [4.69, 9.17) is 16.3 Å². The Morgan fingerprint density at radius 2 is 1.97 bits per heavy atom. The van der Waals surface area contributed by atoms with Crippen molar-refractivity contribution in [2.24, 2.45) is 4.99 Å². The Balaban J connectivity index is 1.80. The van der Waals surface area contributed by atoms with Crippen LogP contribution in [-0.4, -0.2) is 35.3 Å². The monoisotopic (exact) mass is 453 g/mol. The summed E-state index contributed by atoms with van der Waals surface area (Å²) in [5.74, 6) is 0.753. The number of aliphatic imine (C=N–C) groups is 1. The molecule has 0 spiro atoms. The van der Waals surface area contributed by atoms with Gasteiger partial charge in [0.15, 0.2) is 0 Å². The zero-order chi connectivity index (χ0) is 23.1. The predicted molar refractivity (Wildman–Crippen MR) is 129 cm³/mol. The molecule has 0 aliphatic rings. The van der Waals surface area contributed by atoms with Gasteiger partial charge in [0, 0.05) is 41.1 Å². The molecule has 0 saturated carbocycles. The Bertz CT molecular complexity index is 1120. The highest BCUT2D eigenvalue weighted by Gasteiger charge is 2.12. The van der Waals surface area contributed by atoms with E-state index >= 15 is 0 Å². The van der Waals surface area contributed by atoms with Crippen molar-refractivity contribution in [3.05, 3.63) is 76.1 Å². The lowest BCUT2D eigenvalue weighted by Crippen LogP contribution is -2.36. The number of guanidine groups is 1. The van der Waals surface area contributed by atoms with E-state index in [9.17, 15) is 4.79 Å². The summed E-state index contributed by atoms with van der Waals surface area (Å²) in [6.07, 6.45) is 0.716. The summed E-state index contributed by atoms with van der Waals surface area (Å²) in [5, 5.41) is 11.1. The Kier molecular flexibility index (Phi) is 7.89. The smallest absolute Gasteiger partial charge is 0.258 e. The number of hydrogen-bond donors (Lipinski definition) is 2. The second-order valence-electron chi connectivity index (χ2n) is 7.27. The average Bonchev–Trinajstić information content (AvgIpc) is 3.06. The molecule has 0 unspecified atom stereocenters. The van der Waals surface area contributed by atoms with E-state index in [1.807, 2.05) is 35.9 Å². The highest BCUT2D eigenvalue weighted by Crippen LogP contribution is 2.17. The predicted octanol–water partition coefficient (Wildman–Crippen LogP) is 4.62. The van der Waals surface area contributed by atoms with E-state index in [1.165, 1.54) is 5.56 Å². The molecule has 0 fully saturated rings. The number of aryl methyl sites for hydroxylation is 2. The van der Waals surface area contributed by atoms with Crippen LogP contribution >= 0.6 is 11.6 Å². The van der Waals surface area contributed by atoms with E-state index < -0.39 is 0 Å². The zero-order valence-electron chi connectivity index (χ0n) is 18.8. The van der Waals surface area contributed by atoms with Gasteiger partial charge in [-0.3, -0.25) is 19.8 Å². The molecule has 0 bridgehead atoms. The van der Waals surface area contributed by atoms with E-state index in [-0.39, 0.29) is 5.91 Å². The summed E-state index contributed by atoms with van der Waals surface area (Å²) < 4.78 is 7.28. The fourth-order valence-electron chi connectivity index (χ4n) is 3.44. The van der Waals surface area contributed by atoms with Crippen molar-refractivity contribution in [1.29, 1.82) is 0 Å². The lowest BCUT2D eigenvalue weighted by Gasteiger charge is -2.13. The number of halogens is 1. The molecule has 1 heterocycles. The molecule has 0 saturated heterocycles. The molecule has 2 aromatic carbocycles. The minimum Gasteiger partial charge on any atom is -0.497 e. The van der Waals surface area contributed by atoms with Gasteiger partial charge in [0.1, 0.15) is 5.75 Å². The third-order valence-electron chi connectivity index (χ3n) is 5.11. The molecule has 3 rings (SSSR count). The molecule has 2 N–H and O–H groups in total. The molecule has 32 heavy (non-hydrogen) atoms. The second-order valence-corrected chi connectivity index (χ2v) is 7.70. The van der Waals surface area contributed by atoms with Gasteiger partial charge in [-0.25, -0.2) is 0 Å². The number of rotatable bonds is 7. The van der Waals surface area contributed by atoms with Gasteiger partial charge >= 0.3 is 0 Å². The minimum absolute atomic E-state index is 0.298. The maximum Gasteiger partial charge on any atom is 0.258 e. The zero-order valence-corrected chi connectivity index (χ0v) is 19.5. The SMILES string of the molecule is CCn1nc(C)c(CCN=C(NC(=O)c2cccc(Cl)c2)Nc2cccc(OC)c2)c1C. The Morgan fingerprint density at radius 3 is 2.66 bits per heavy atom. The fourth-order valence-corrected chi connectivity index (χ4v) is 3.63. The van der Waals surface area contributed by atoms with E-state index in [0.717, 1.165) is 23.6 Å². The fraction of sp³-hybridized carbons (Fsp3) is 0.292. The van der Waals surface area contributed by atoms with E-state index in [2.05, 4.69) is 34.6 Å². The molecule has 1 aromatic heterocycles. The number of carbonyl (C=O) groups is 1. The van der Waals surface area contributed by atoms with Crippen LogP contribution in [0.15, 0.2) is 53.5 Å². The van der Waals surface area contributed by atoms with Crippen molar-refractivity contribution >= 4 is 29.2 Å². The van der Waals surface area contributed by atoms with Gasteiger partial charge in [-0.15, -0.1) is 0 Å². The molecule has 7 nitrogen and oxygen atoms in total. The number of ether oxygens (including phenoxy) is 1. The maximum absolute atomic E-state index is 12.8. The number of carbonyl (C=O) groups excluding carboxylic acids is 1. The number of anilines is 1. The summed E-state index contributed by atoms with van der Waals surface area (Å²) in [6, 6.07) is 14.2. The second kappa shape index (κ2) is 10.8. The van der Waals surface area contributed by atoms with Crippen molar-refractivity contribution in [2.45, 2.75) is 33.7 Å². The molecule has 0 atom stereocenters. The van der Waals surface area contributed by atoms with Gasteiger partial charge in [-0.1, -0.05) is 23.7 Å². The number of hydrogen-bond acceptors (Lipinski definition) is 4. The number of aromatic nitrogens is 2. The van der Waals surface area contributed by atoms with Gasteiger partial charge < -0.3 is 10.1 Å². The summed E-state index contributed by atoms with van der Waals surface area (Å²) in [5.41, 5.74) is 4.53. The molecular formula is C24H28ClN5O2. The lowest BCUT2D eigenvalue weighted by atomic mass is 10.1. The van der Waals surface area contributed by atoms with Gasteiger partial charge in [-0.2, -0.15) is 5.10 Å². The summed E-state index contributed by atoms with van der Waals surface area (Å²) >= 11 is 6.04. The number of amides is 1. The topological polar surface area (TPSA) is 80.5 Å². The third-order valence-corrected chi connectivity index (χ3v) is 5.35. The summed E-state index contributed by atoms with van der Waals surface area (Å²) in [4.78, 5) is 17.4. The van der Waals surface area contributed by atoms with Crippen LogP contribution < -0.4 is 15.4 Å². The van der Waals surface area contributed by atoms with Crippen molar-refractivity contribution in [1.82, 2.24) is 15.1 Å². The Labute approximate surface area is 193 Å². The van der Waals surface area contributed by atoms with Crippen molar-refractivity contribution in [3.63, 3.8) is 0 Å². The van der Waals surface area contributed by atoms with Crippen molar-refractivity contribution in [2.75, 3.05) is 19.0 Å². The minimum atomic E-state index is -0.298. The van der Waals surface area contributed by atoms with Crippen LogP contribution in [0.2, 0.25) is 5.02 Å². The van der Waals surface area contributed by atoms with Crippen LogP contribution in [0.3, 0.4) is 0 Å². The van der Waals surface area contributed by atoms with Crippen LogP contribution in [0, 0.1) is 13.8 Å². The van der Waals surface area contributed by atoms with Crippen LogP contribution in [-0.2, 0) is 13.0 Å². The molecular weight excluding hydrogens is 426 g/mol. The van der Waals surface area contributed by atoms with Gasteiger partial charge in [0.2, 0.25) is 5.96 Å². The Hall–Kier alpha value is -3.32. The van der Waals surface area contributed by atoms with Crippen LogP contribution in [0.1, 0.15) is 34.2 Å². The van der Waals surface area contributed by atoms with Crippen LogP contribution in [0.5, 0.6) is 5.75 Å². The third kappa shape index (κ3) is 5.88. The molecule has 1 amide bonds. The molecule has 168 valence electrons. The Morgan fingerprint density at radius 1 is 1.19 bits per heavy atom. The van der Waals surface area contributed by atoms with Crippen molar-refractivity contribution < 1.29 is 9.53 Å². The summed E-state index contributed by atoms with van der Waals surface area (Å²) in [6.45, 7) is 7.46. The first-order chi connectivity index (χ1) is 15.4. The van der Waals surface area contributed by atoms with Crippen LogP contribution in [0.25, 0.3) is 0 Å². The van der Waals surface area contributed by atoms with Gasteiger partial charge in [0.05, 0.1) is 12.8 Å². The first kappa shape index (κ1) is 23.3. The number of nitrogens with zero attached hydrogens (tertiary/aromatic N) is 3. The highest BCUT2D eigenvalue weighted by atomic mass is 35.5. The van der Waals surface area contributed by atoms with E-state index in [0.29, 0.717) is 35.3 Å².